The second kappa shape index (κ2) is 6.84. The topological polar surface area (TPSA) is 95.7 Å². The van der Waals surface area contributed by atoms with Crippen LogP contribution in [0.15, 0.2) is 0 Å². The standard InChI is InChI=1S/C12H24N4O3S/c13-12(17)10-16(11-5-4-6-14-9-11)20(18,19)15-7-2-1-3-8-15/h11,14H,1-10H2,(H2,13,17). The predicted molar refractivity (Wildman–Crippen MR) is 76.1 cm³/mol. The first-order valence-corrected chi connectivity index (χ1v) is 8.67. The van der Waals surface area contributed by atoms with Gasteiger partial charge < -0.3 is 11.1 Å². The number of rotatable bonds is 5. The quantitative estimate of drug-likeness (QED) is 0.699. The Bertz CT molecular complexity index is 428. The van der Waals surface area contributed by atoms with Crippen LogP contribution in [0.25, 0.3) is 0 Å². The molecule has 0 spiro atoms. The van der Waals surface area contributed by atoms with E-state index in [1.807, 2.05) is 0 Å². The largest absolute Gasteiger partial charge is 0.369 e. The molecule has 2 heterocycles. The van der Waals surface area contributed by atoms with Crippen molar-refractivity contribution in [2.75, 3.05) is 32.7 Å². The van der Waals surface area contributed by atoms with Crippen molar-refractivity contribution < 1.29 is 13.2 Å². The number of piperidine rings is 2. The van der Waals surface area contributed by atoms with Crippen LogP contribution in [0, 0.1) is 0 Å². The maximum atomic E-state index is 12.7. The van der Waals surface area contributed by atoms with Crippen LogP contribution in [0.4, 0.5) is 0 Å². The van der Waals surface area contributed by atoms with Crippen molar-refractivity contribution in [1.82, 2.24) is 13.9 Å². The van der Waals surface area contributed by atoms with Crippen molar-refractivity contribution >= 4 is 16.1 Å². The van der Waals surface area contributed by atoms with Gasteiger partial charge in [0.2, 0.25) is 5.91 Å². The van der Waals surface area contributed by atoms with E-state index in [0.29, 0.717) is 19.6 Å². The molecule has 0 bridgehead atoms. The van der Waals surface area contributed by atoms with Gasteiger partial charge in [0.05, 0.1) is 6.54 Å². The summed E-state index contributed by atoms with van der Waals surface area (Å²) in [7, 11) is -3.59. The maximum Gasteiger partial charge on any atom is 0.282 e. The number of carbonyl (C=O) groups excluding carboxylic acids is 1. The van der Waals surface area contributed by atoms with E-state index in [0.717, 1.165) is 38.6 Å². The first-order chi connectivity index (χ1) is 9.51. The molecule has 0 aromatic rings. The van der Waals surface area contributed by atoms with E-state index in [4.69, 9.17) is 5.73 Å². The molecule has 2 aliphatic rings. The Morgan fingerprint density at radius 2 is 1.95 bits per heavy atom. The Labute approximate surface area is 120 Å². The second-order valence-electron chi connectivity index (χ2n) is 5.48. The summed E-state index contributed by atoms with van der Waals surface area (Å²) in [6, 6.07) is -0.178. The van der Waals surface area contributed by atoms with E-state index in [2.05, 4.69) is 5.32 Å². The highest BCUT2D eigenvalue weighted by Gasteiger charge is 2.36. The average Bonchev–Trinajstić information content (AvgIpc) is 2.46. The lowest BCUT2D eigenvalue weighted by Crippen LogP contribution is -2.56. The molecule has 0 aromatic carbocycles. The van der Waals surface area contributed by atoms with Gasteiger partial charge in [-0.2, -0.15) is 17.0 Å². The molecule has 2 rings (SSSR count). The summed E-state index contributed by atoms with van der Waals surface area (Å²) in [5, 5.41) is 3.19. The van der Waals surface area contributed by atoms with Crippen molar-refractivity contribution in [3.05, 3.63) is 0 Å². The van der Waals surface area contributed by atoms with Crippen LogP contribution in [0.1, 0.15) is 32.1 Å². The SMILES string of the molecule is NC(=O)CN(C1CCCNC1)S(=O)(=O)N1CCCCC1. The van der Waals surface area contributed by atoms with Crippen LogP contribution in [0.3, 0.4) is 0 Å². The summed E-state index contributed by atoms with van der Waals surface area (Å²) in [5.74, 6) is -0.601. The summed E-state index contributed by atoms with van der Waals surface area (Å²) in [5.41, 5.74) is 5.24. The first kappa shape index (κ1) is 15.7. The van der Waals surface area contributed by atoms with Crippen molar-refractivity contribution in [3.8, 4) is 0 Å². The van der Waals surface area contributed by atoms with E-state index in [1.165, 1.54) is 8.61 Å². The van der Waals surface area contributed by atoms with Crippen LogP contribution < -0.4 is 11.1 Å². The van der Waals surface area contributed by atoms with Gasteiger partial charge in [-0.25, -0.2) is 0 Å². The molecule has 0 aromatic heterocycles. The molecule has 2 aliphatic heterocycles. The third-order valence-electron chi connectivity index (χ3n) is 3.93. The molecule has 1 unspecified atom stereocenters. The molecule has 3 N–H and O–H groups in total. The molecule has 116 valence electrons. The molecule has 0 saturated carbocycles. The van der Waals surface area contributed by atoms with Crippen LogP contribution in [0.2, 0.25) is 0 Å². The van der Waals surface area contributed by atoms with Crippen molar-refractivity contribution in [1.29, 1.82) is 0 Å². The summed E-state index contributed by atoms with van der Waals surface area (Å²) < 4.78 is 28.3. The number of nitrogens with one attached hydrogen (secondary N) is 1. The number of primary amides is 1. The third-order valence-corrected chi connectivity index (χ3v) is 5.97. The normalized spacial score (nSPS) is 25.8. The molecule has 1 atom stereocenters. The Morgan fingerprint density at radius 3 is 2.50 bits per heavy atom. The first-order valence-electron chi connectivity index (χ1n) is 7.28. The molecule has 2 saturated heterocycles. The number of hydrogen-bond donors (Lipinski definition) is 2. The van der Waals surface area contributed by atoms with Gasteiger partial charge in [0.25, 0.3) is 10.2 Å². The van der Waals surface area contributed by atoms with Crippen molar-refractivity contribution in [2.24, 2.45) is 5.73 Å². The van der Waals surface area contributed by atoms with Gasteiger partial charge in [-0.1, -0.05) is 6.42 Å². The average molecular weight is 304 g/mol. The molecule has 7 nitrogen and oxygen atoms in total. The summed E-state index contributed by atoms with van der Waals surface area (Å²) in [6.45, 7) is 2.33. The van der Waals surface area contributed by atoms with Gasteiger partial charge in [-0.15, -0.1) is 0 Å². The van der Waals surface area contributed by atoms with Crippen molar-refractivity contribution in [3.63, 3.8) is 0 Å². The lowest BCUT2D eigenvalue weighted by atomic mass is 10.1. The van der Waals surface area contributed by atoms with E-state index in [-0.39, 0.29) is 12.6 Å². The highest BCUT2D eigenvalue weighted by atomic mass is 32.2. The lowest BCUT2D eigenvalue weighted by Gasteiger charge is -2.37. The minimum Gasteiger partial charge on any atom is -0.369 e. The van der Waals surface area contributed by atoms with E-state index < -0.39 is 16.1 Å². The smallest absolute Gasteiger partial charge is 0.282 e. The molecular formula is C12H24N4O3S. The Morgan fingerprint density at radius 1 is 1.25 bits per heavy atom. The molecule has 8 heteroatoms. The van der Waals surface area contributed by atoms with Gasteiger partial charge in [0, 0.05) is 25.7 Å². The maximum absolute atomic E-state index is 12.7. The fourth-order valence-electron chi connectivity index (χ4n) is 2.88. The Kier molecular flexibility index (Phi) is 5.36. The number of carbonyl (C=O) groups is 1. The molecule has 1 amide bonds. The zero-order valence-electron chi connectivity index (χ0n) is 11.8. The Hall–Kier alpha value is -0.700. The third kappa shape index (κ3) is 3.69. The molecule has 0 aliphatic carbocycles. The van der Waals surface area contributed by atoms with Gasteiger partial charge >= 0.3 is 0 Å². The highest BCUT2D eigenvalue weighted by Crippen LogP contribution is 2.21. The summed E-state index contributed by atoms with van der Waals surface area (Å²) in [6.07, 6.45) is 4.51. The van der Waals surface area contributed by atoms with E-state index in [1.54, 1.807) is 0 Å². The zero-order valence-corrected chi connectivity index (χ0v) is 12.6. The lowest BCUT2D eigenvalue weighted by molar-refractivity contribution is -0.118. The van der Waals surface area contributed by atoms with Gasteiger partial charge in [-0.3, -0.25) is 4.79 Å². The summed E-state index contributed by atoms with van der Waals surface area (Å²) >= 11 is 0. The Balaban J connectivity index is 2.16. The van der Waals surface area contributed by atoms with Crippen molar-refractivity contribution in [2.45, 2.75) is 38.1 Å². The monoisotopic (exact) mass is 304 g/mol. The number of hydrogen-bond acceptors (Lipinski definition) is 4. The molecule has 20 heavy (non-hydrogen) atoms. The minimum absolute atomic E-state index is 0.178. The fourth-order valence-corrected chi connectivity index (χ4v) is 4.74. The predicted octanol–water partition coefficient (Wildman–Crippen LogP) is -0.744. The zero-order chi connectivity index (χ0) is 14.6. The minimum atomic E-state index is -3.59. The number of amides is 1. The van der Waals surface area contributed by atoms with Gasteiger partial charge in [-0.05, 0) is 32.2 Å². The van der Waals surface area contributed by atoms with E-state index >= 15 is 0 Å². The van der Waals surface area contributed by atoms with Crippen LogP contribution >= 0.6 is 0 Å². The van der Waals surface area contributed by atoms with Crippen LogP contribution in [-0.2, 0) is 15.0 Å². The van der Waals surface area contributed by atoms with Gasteiger partial charge in [0.15, 0.2) is 0 Å². The molecule has 2 fully saturated rings. The number of nitrogens with zero attached hydrogens (tertiary/aromatic N) is 2. The highest BCUT2D eigenvalue weighted by molar-refractivity contribution is 7.86. The van der Waals surface area contributed by atoms with Crippen LogP contribution in [0.5, 0.6) is 0 Å². The fraction of sp³-hybridized carbons (Fsp3) is 0.917. The second-order valence-corrected chi connectivity index (χ2v) is 7.36. The molecular weight excluding hydrogens is 280 g/mol. The number of nitrogens with two attached hydrogens (primary N) is 1. The van der Waals surface area contributed by atoms with E-state index in [9.17, 15) is 13.2 Å². The summed E-state index contributed by atoms with van der Waals surface area (Å²) in [4.78, 5) is 11.3. The van der Waals surface area contributed by atoms with Crippen LogP contribution in [-0.4, -0.2) is 61.7 Å². The molecule has 0 radical (unpaired) electrons. The van der Waals surface area contributed by atoms with Gasteiger partial charge in [0.1, 0.15) is 0 Å².